The molecule has 0 amide bonds. The zero-order valence-corrected chi connectivity index (χ0v) is 29.7. The number of thiocarbonyl (C=S) groups is 2. The van der Waals surface area contributed by atoms with Crippen LogP contribution in [0.1, 0.15) is 132 Å². The molecule has 0 unspecified atom stereocenters. The third kappa shape index (κ3) is 43.8. The quantitative estimate of drug-likeness (QED) is 0.110. The number of thiol groups is 2. The van der Waals surface area contributed by atoms with Crippen molar-refractivity contribution in [2.24, 2.45) is 0 Å². The first-order valence-electron chi connectivity index (χ1n) is 13.2. The number of rotatable bonds is 14. The first kappa shape index (κ1) is 44.3. The van der Waals surface area contributed by atoms with Gasteiger partial charge in [-0.25, -0.2) is 0 Å². The van der Waals surface area contributed by atoms with E-state index in [1.807, 2.05) is 0 Å². The van der Waals surface area contributed by atoms with Crippen LogP contribution >= 0.6 is 49.7 Å². The van der Waals surface area contributed by atoms with Gasteiger partial charge in [-0.15, -0.1) is 25.3 Å². The summed E-state index contributed by atoms with van der Waals surface area (Å²) >= 11 is 18.5. The van der Waals surface area contributed by atoms with Gasteiger partial charge in [0, 0.05) is 50.1 Å². The summed E-state index contributed by atoms with van der Waals surface area (Å²) < 4.78 is 1.49. The Morgan fingerprint density at radius 2 is 0.636 bits per heavy atom. The number of nitrogens with zero attached hydrogens (tertiary/aromatic N) is 2. The maximum absolute atomic E-state index is 5.03. The maximum Gasteiger partial charge on any atom is 0.133 e. The van der Waals surface area contributed by atoms with Crippen molar-refractivity contribution < 1.29 is 0 Å². The van der Waals surface area contributed by atoms with Crippen LogP contribution in [0.3, 0.4) is 0 Å². The Morgan fingerprint density at radius 1 is 0.455 bits per heavy atom. The zero-order chi connectivity index (χ0) is 25.6. The summed E-state index contributed by atoms with van der Waals surface area (Å²) in [5.74, 6) is 0. The van der Waals surface area contributed by atoms with E-state index in [4.69, 9.17) is 24.4 Å². The molecular weight excluding hydrogens is 587 g/mol. The number of unbranched alkanes of at least 4 members (excludes halogenated alkanes) is 6. The van der Waals surface area contributed by atoms with E-state index in [0.29, 0.717) is 0 Å². The Hall–Kier alpha value is 1.28. The summed E-state index contributed by atoms with van der Waals surface area (Å²) in [6.45, 7) is 21.8. The normalized spacial score (nSPS) is 9.03. The summed E-state index contributed by atoms with van der Waals surface area (Å²) in [5.41, 5.74) is 0. The molecule has 0 N–H and O–H groups in total. The smallest absolute Gasteiger partial charge is 0.133 e. The summed E-state index contributed by atoms with van der Waals surface area (Å²) in [6, 6.07) is 0. The van der Waals surface area contributed by atoms with E-state index in [0.717, 1.165) is 34.8 Å². The van der Waals surface area contributed by atoms with Gasteiger partial charge in [0.2, 0.25) is 0 Å². The number of hydrogen-bond acceptors (Lipinski definition) is 2. The molecule has 0 aromatic carbocycles. The van der Waals surface area contributed by atoms with E-state index in [1.165, 1.54) is 77.0 Å². The summed E-state index contributed by atoms with van der Waals surface area (Å²) in [4.78, 5) is 4.37. The van der Waals surface area contributed by atoms with Crippen molar-refractivity contribution >= 4 is 82.2 Å². The van der Waals surface area contributed by atoms with E-state index in [9.17, 15) is 0 Å². The molecular formula is C26H58N2S4Sn. The summed E-state index contributed by atoms with van der Waals surface area (Å²) in [7, 11) is 0. The predicted molar refractivity (Wildman–Crippen MR) is 173 cm³/mol. The Bertz CT molecular complexity index is 318. The molecule has 0 rings (SSSR count). The fraction of sp³-hybridized carbons (Fsp3) is 0.923. The van der Waals surface area contributed by atoms with Crippen LogP contribution in [0, 0.1) is 0 Å². The predicted octanol–water partition coefficient (Wildman–Crippen LogP) is 9.44. The van der Waals surface area contributed by atoms with Gasteiger partial charge in [0.25, 0.3) is 0 Å². The second kappa shape index (κ2) is 40.4. The topological polar surface area (TPSA) is 6.48 Å². The van der Waals surface area contributed by atoms with Gasteiger partial charge in [-0.1, -0.05) is 131 Å². The third-order valence-corrected chi connectivity index (χ3v) is 5.75. The molecule has 200 valence electrons. The van der Waals surface area contributed by atoms with Gasteiger partial charge in [-0.3, -0.25) is 0 Å². The van der Waals surface area contributed by atoms with Gasteiger partial charge in [0.1, 0.15) is 8.64 Å². The molecule has 0 atom stereocenters. The van der Waals surface area contributed by atoms with Crippen LogP contribution in [0.15, 0.2) is 0 Å². The molecule has 0 aromatic rings. The molecule has 33 heavy (non-hydrogen) atoms. The van der Waals surface area contributed by atoms with Crippen LogP contribution in [-0.2, 0) is 0 Å². The number of hydrogen-bond donors (Lipinski definition) is 2. The van der Waals surface area contributed by atoms with Crippen LogP contribution in [0.5, 0.6) is 0 Å². The largest absolute Gasteiger partial charge is 0.358 e. The molecule has 0 saturated carbocycles. The summed E-state index contributed by atoms with van der Waals surface area (Å²) in [6.07, 6.45) is 15.0. The molecule has 7 heteroatoms. The van der Waals surface area contributed by atoms with E-state index >= 15 is 0 Å². The monoisotopic (exact) mass is 646 g/mol. The first-order chi connectivity index (χ1) is 15.3. The van der Waals surface area contributed by atoms with Crippen molar-refractivity contribution in [3.8, 4) is 0 Å². The van der Waals surface area contributed by atoms with E-state index in [-0.39, 0.29) is 23.9 Å². The summed E-state index contributed by atoms with van der Waals surface area (Å²) in [5, 5.41) is 0. The minimum Gasteiger partial charge on any atom is -0.358 e. The third-order valence-electron chi connectivity index (χ3n) is 4.67. The average Bonchev–Trinajstić information content (AvgIpc) is 2.79. The van der Waals surface area contributed by atoms with Crippen LogP contribution in [-0.4, -0.2) is 68.5 Å². The molecule has 0 spiro atoms. The minimum absolute atomic E-state index is 0. The van der Waals surface area contributed by atoms with Crippen LogP contribution in [0.25, 0.3) is 0 Å². The van der Waals surface area contributed by atoms with Gasteiger partial charge in [-0.05, 0) is 25.7 Å². The van der Waals surface area contributed by atoms with Crippen molar-refractivity contribution in [1.29, 1.82) is 0 Å². The molecule has 0 heterocycles. The van der Waals surface area contributed by atoms with Crippen molar-refractivity contribution in [3.63, 3.8) is 0 Å². The first-order valence-corrected chi connectivity index (χ1v) is 14.9. The van der Waals surface area contributed by atoms with E-state index < -0.39 is 0 Å². The average molecular weight is 646 g/mol. The Morgan fingerprint density at radius 3 is 0.727 bits per heavy atom. The molecule has 2 nitrogen and oxygen atoms in total. The van der Waals surface area contributed by atoms with Crippen molar-refractivity contribution in [2.45, 2.75) is 132 Å². The Kier molecular flexibility index (Phi) is 54.3. The second-order valence-electron chi connectivity index (χ2n) is 7.95. The minimum atomic E-state index is 0. The van der Waals surface area contributed by atoms with Crippen LogP contribution in [0.4, 0.5) is 0 Å². The van der Waals surface area contributed by atoms with Crippen molar-refractivity contribution in [2.75, 3.05) is 26.2 Å². The van der Waals surface area contributed by atoms with Crippen LogP contribution < -0.4 is 0 Å². The van der Waals surface area contributed by atoms with E-state index in [2.05, 4.69) is 90.4 Å². The Balaban J connectivity index is -0.000000117. The fourth-order valence-electron chi connectivity index (χ4n) is 2.00. The molecule has 0 aliphatic rings. The zero-order valence-electron chi connectivity index (χ0n) is 23.4. The molecule has 0 aliphatic carbocycles. The van der Waals surface area contributed by atoms with Crippen molar-refractivity contribution in [3.05, 3.63) is 0 Å². The van der Waals surface area contributed by atoms with Gasteiger partial charge >= 0.3 is 0 Å². The molecule has 0 aromatic heterocycles. The maximum atomic E-state index is 5.03. The van der Waals surface area contributed by atoms with E-state index in [1.54, 1.807) is 0 Å². The fourth-order valence-corrected chi connectivity index (χ4v) is 2.77. The molecule has 0 aliphatic heterocycles. The van der Waals surface area contributed by atoms with Gasteiger partial charge in [0.05, 0.1) is 0 Å². The molecule has 4 radical (unpaired) electrons. The van der Waals surface area contributed by atoms with Gasteiger partial charge in [-0.2, -0.15) is 0 Å². The van der Waals surface area contributed by atoms with Gasteiger partial charge < -0.3 is 9.80 Å². The van der Waals surface area contributed by atoms with Crippen molar-refractivity contribution in [1.82, 2.24) is 9.80 Å². The molecule has 0 bridgehead atoms. The van der Waals surface area contributed by atoms with Gasteiger partial charge in [0.15, 0.2) is 0 Å². The SMILES string of the molecule is CCCC.CCCC.CCCCN(CCCC)C(=S)S.CCCCN(CCCC)C(=S)S.[Sn]. The molecule has 0 fully saturated rings. The van der Waals surface area contributed by atoms with Crippen LogP contribution in [0.2, 0.25) is 0 Å². The molecule has 0 saturated heterocycles. The Labute approximate surface area is 249 Å². The second-order valence-corrected chi connectivity index (χ2v) is 10.2. The standard InChI is InChI=1S/2C9H19NS2.2C4H10.Sn/c2*1-3-5-7-10(9(11)12)8-6-4-2;2*1-3-4-2;/h2*3-8H2,1-2H3,(H,11,12);2*3-4H2,1-2H3;.